The summed E-state index contributed by atoms with van der Waals surface area (Å²) in [6.45, 7) is 6.80. The molecule has 1 aromatic carbocycles. The first-order valence-corrected chi connectivity index (χ1v) is 7.48. The highest BCUT2D eigenvalue weighted by Gasteiger charge is 2.38. The number of anilines is 1. The Morgan fingerprint density at radius 3 is 2.90 bits per heavy atom. The normalized spacial score (nSPS) is 24.4. The van der Waals surface area contributed by atoms with E-state index in [4.69, 9.17) is 4.74 Å². The molecule has 2 fully saturated rings. The molecular weight excluding hydrogens is 270 g/mol. The summed E-state index contributed by atoms with van der Waals surface area (Å²) < 4.78 is 5.67. The zero-order chi connectivity index (χ0) is 15.0. The van der Waals surface area contributed by atoms with Gasteiger partial charge in [0, 0.05) is 43.5 Å². The number of nitro benzene ring substituents is 1. The molecule has 6 nitrogen and oxygen atoms in total. The van der Waals surface area contributed by atoms with E-state index in [-0.39, 0.29) is 16.7 Å². The van der Waals surface area contributed by atoms with Gasteiger partial charge in [0.25, 0.3) is 5.69 Å². The minimum atomic E-state index is -0.350. The summed E-state index contributed by atoms with van der Waals surface area (Å²) in [4.78, 5) is 13.1. The van der Waals surface area contributed by atoms with Crippen molar-refractivity contribution in [3.63, 3.8) is 0 Å². The van der Waals surface area contributed by atoms with Crippen molar-refractivity contribution in [3.8, 4) is 5.75 Å². The number of non-ortho nitro benzene ring substituents is 1. The van der Waals surface area contributed by atoms with E-state index in [9.17, 15) is 10.1 Å². The number of fused-ring (bicyclic) bond motifs is 1. The van der Waals surface area contributed by atoms with Crippen molar-refractivity contribution in [3.05, 3.63) is 28.3 Å². The third kappa shape index (κ3) is 2.81. The number of benzene rings is 1. The molecule has 1 N–H and O–H groups in total. The van der Waals surface area contributed by atoms with Gasteiger partial charge in [-0.15, -0.1) is 0 Å². The Morgan fingerprint density at radius 2 is 2.19 bits per heavy atom. The first-order chi connectivity index (χ1) is 10.0. The molecular formula is C15H21N3O3. The Hall–Kier alpha value is -1.82. The lowest BCUT2D eigenvalue weighted by atomic mass is 10.0. The van der Waals surface area contributed by atoms with E-state index in [0.29, 0.717) is 17.7 Å². The van der Waals surface area contributed by atoms with Crippen LogP contribution in [-0.2, 0) is 0 Å². The molecule has 114 valence electrons. The van der Waals surface area contributed by atoms with Gasteiger partial charge in [0.05, 0.1) is 17.1 Å². The highest BCUT2D eigenvalue weighted by atomic mass is 16.6. The molecule has 2 atom stereocenters. The van der Waals surface area contributed by atoms with E-state index in [1.54, 1.807) is 6.07 Å². The summed E-state index contributed by atoms with van der Waals surface area (Å²) >= 11 is 0. The van der Waals surface area contributed by atoms with Crippen LogP contribution in [0.25, 0.3) is 0 Å². The van der Waals surface area contributed by atoms with Gasteiger partial charge in [-0.1, -0.05) is 0 Å². The fourth-order valence-electron chi connectivity index (χ4n) is 3.35. The molecule has 0 aromatic heterocycles. The molecule has 0 spiro atoms. The van der Waals surface area contributed by atoms with Crippen molar-refractivity contribution < 1.29 is 9.66 Å². The average Bonchev–Trinajstić information content (AvgIpc) is 2.99. The molecule has 21 heavy (non-hydrogen) atoms. The van der Waals surface area contributed by atoms with Crippen LogP contribution in [0.1, 0.15) is 20.3 Å². The predicted octanol–water partition coefficient (Wildman–Crippen LogP) is 2.18. The number of rotatable bonds is 4. The highest BCUT2D eigenvalue weighted by Crippen LogP contribution is 2.36. The second kappa shape index (κ2) is 5.52. The van der Waals surface area contributed by atoms with Gasteiger partial charge >= 0.3 is 0 Å². The van der Waals surface area contributed by atoms with E-state index in [0.717, 1.165) is 31.7 Å². The second-order valence-corrected chi connectivity index (χ2v) is 6.08. The van der Waals surface area contributed by atoms with Crippen LogP contribution < -0.4 is 15.0 Å². The summed E-state index contributed by atoms with van der Waals surface area (Å²) in [5, 5.41) is 14.6. The van der Waals surface area contributed by atoms with Gasteiger partial charge in [0.1, 0.15) is 5.75 Å². The molecule has 0 unspecified atom stereocenters. The lowest BCUT2D eigenvalue weighted by molar-refractivity contribution is -0.384. The number of nitro groups is 1. The zero-order valence-corrected chi connectivity index (χ0v) is 12.4. The van der Waals surface area contributed by atoms with Crippen molar-refractivity contribution in [2.24, 2.45) is 5.92 Å². The molecule has 3 rings (SSSR count). The van der Waals surface area contributed by atoms with E-state index >= 15 is 0 Å². The maximum Gasteiger partial charge on any atom is 0.275 e. The first kappa shape index (κ1) is 14.1. The Balaban J connectivity index is 1.93. The largest absolute Gasteiger partial charge is 0.491 e. The molecule has 2 heterocycles. The molecule has 2 saturated heterocycles. The molecule has 0 aliphatic carbocycles. The van der Waals surface area contributed by atoms with E-state index in [1.807, 2.05) is 19.9 Å². The van der Waals surface area contributed by atoms with Gasteiger partial charge < -0.3 is 15.0 Å². The molecule has 6 heteroatoms. The maximum atomic E-state index is 11.2. The van der Waals surface area contributed by atoms with Gasteiger partial charge in [-0.25, -0.2) is 0 Å². The van der Waals surface area contributed by atoms with E-state index in [2.05, 4.69) is 10.2 Å². The summed E-state index contributed by atoms with van der Waals surface area (Å²) in [6.07, 6.45) is 1.14. The standard InChI is InChI=1S/C15H21N3O3/c1-10(2)21-14-6-12(5-13(7-14)18(19)20)17-4-3-11-8-16-9-15(11)17/h5-7,10-11,15-16H,3-4,8-9H2,1-2H3/t11-,15+/m0/s1. The Morgan fingerprint density at radius 1 is 1.38 bits per heavy atom. The lowest BCUT2D eigenvalue weighted by Crippen LogP contribution is -2.34. The monoisotopic (exact) mass is 291 g/mol. The van der Waals surface area contributed by atoms with Gasteiger partial charge in [-0.3, -0.25) is 10.1 Å². The number of hydrogen-bond acceptors (Lipinski definition) is 5. The Labute approximate surface area is 124 Å². The number of ether oxygens (including phenoxy) is 1. The number of hydrogen-bond donors (Lipinski definition) is 1. The topological polar surface area (TPSA) is 67.6 Å². The van der Waals surface area contributed by atoms with E-state index in [1.165, 1.54) is 6.07 Å². The van der Waals surface area contributed by atoms with Crippen LogP contribution >= 0.6 is 0 Å². The quantitative estimate of drug-likeness (QED) is 0.680. The molecule has 1 aromatic rings. The van der Waals surface area contributed by atoms with Gasteiger partial charge in [0.15, 0.2) is 0 Å². The van der Waals surface area contributed by atoms with Crippen LogP contribution in [-0.4, -0.2) is 36.7 Å². The number of nitrogens with one attached hydrogen (secondary N) is 1. The van der Waals surface area contributed by atoms with Crippen LogP contribution in [0, 0.1) is 16.0 Å². The van der Waals surface area contributed by atoms with Crippen LogP contribution in [0.15, 0.2) is 18.2 Å². The summed E-state index contributed by atoms with van der Waals surface area (Å²) in [5.41, 5.74) is 0.994. The number of nitrogens with zero attached hydrogens (tertiary/aromatic N) is 2. The van der Waals surface area contributed by atoms with Crippen molar-refractivity contribution >= 4 is 11.4 Å². The zero-order valence-electron chi connectivity index (χ0n) is 12.4. The molecule has 0 saturated carbocycles. The summed E-state index contributed by atoms with van der Waals surface area (Å²) in [7, 11) is 0. The van der Waals surface area contributed by atoms with Crippen LogP contribution in [0.3, 0.4) is 0 Å². The van der Waals surface area contributed by atoms with Gasteiger partial charge in [-0.2, -0.15) is 0 Å². The maximum absolute atomic E-state index is 11.2. The van der Waals surface area contributed by atoms with Crippen LogP contribution in [0.4, 0.5) is 11.4 Å². The SMILES string of the molecule is CC(C)Oc1cc(N2CC[C@H]3CNC[C@H]32)cc([N+](=O)[O-])c1. The van der Waals surface area contributed by atoms with E-state index < -0.39 is 0 Å². The minimum absolute atomic E-state index is 0.000622. The molecule has 0 bridgehead atoms. The lowest BCUT2D eigenvalue weighted by Gasteiger charge is -2.26. The fourth-order valence-corrected chi connectivity index (χ4v) is 3.35. The van der Waals surface area contributed by atoms with Gasteiger partial charge in [-0.05, 0) is 26.2 Å². The van der Waals surface area contributed by atoms with Crippen molar-refractivity contribution in [1.82, 2.24) is 5.32 Å². The summed E-state index contributed by atoms with van der Waals surface area (Å²) in [5.74, 6) is 1.22. The molecule has 0 radical (unpaired) electrons. The first-order valence-electron chi connectivity index (χ1n) is 7.48. The minimum Gasteiger partial charge on any atom is -0.491 e. The van der Waals surface area contributed by atoms with Crippen LogP contribution in [0.2, 0.25) is 0 Å². The average molecular weight is 291 g/mol. The van der Waals surface area contributed by atoms with Gasteiger partial charge in [0.2, 0.25) is 0 Å². The predicted molar refractivity (Wildman–Crippen MR) is 81.0 cm³/mol. The highest BCUT2D eigenvalue weighted by molar-refractivity contribution is 5.59. The summed E-state index contributed by atoms with van der Waals surface area (Å²) in [6, 6.07) is 5.53. The van der Waals surface area contributed by atoms with Crippen LogP contribution in [0.5, 0.6) is 5.75 Å². The fraction of sp³-hybridized carbons (Fsp3) is 0.600. The van der Waals surface area contributed by atoms with Crippen molar-refractivity contribution in [1.29, 1.82) is 0 Å². The Kier molecular flexibility index (Phi) is 3.71. The third-order valence-electron chi connectivity index (χ3n) is 4.24. The Bertz CT molecular complexity index is 547. The molecule has 2 aliphatic rings. The smallest absolute Gasteiger partial charge is 0.275 e. The third-order valence-corrected chi connectivity index (χ3v) is 4.24. The molecule has 0 amide bonds. The second-order valence-electron chi connectivity index (χ2n) is 6.08. The molecule has 2 aliphatic heterocycles. The van der Waals surface area contributed by atoms with Crippen molar-refractivity contribution in [2.45, 2.75) is 32.4 Å². The van der Waals surface area contributed by atoms with Crippen molar-refractivity contribution in [2.75, 3.05) is 24.5 Å².